The van der Waals surface area contributed by atoms with Crippen molar-refractivity contribution in [2.24, 2.45) is 0 Å². The predicted molar refractivity (Wildman–Crippen MR) is 169 cm³/mol. The molecule has 5 rings (SSSR count). The number of benzene rings is 2. The number of carbonyl (C=O) groups excluding carboxylic acids is 4. The number of rotatable bonds is 3. The van der Waals surface area contributed by atoms with Gasteiger partial charge >= 0.3 is 0 Å². The minimum absolute atomic E-state index is 0.0505. The van der Waals surface area contributed by atoms with E-state index in [1.54, 1.807) is 18.2 Å². The summed E-state index contributed by atoms with van der Waals surface area (Å²) in [5.41, 5.74) is 2.01. The fourth-order valence-corrected chi connectivity index (χ4v) is 5.34. The van der Waals surface area contributed by atoms with E-state index >= 15 is 0 Å². The van der Waals surface area contributed by atoms with E-state index in [0.717, 1.165) is 28.6 Å². The normalized spacial score (nSPS) is 17.2. The van der Waals surface area contributed by atoms with Crippen LogP contribution in [0.4, 0.5) is 10.2 Å². The third-order valence-corrected chi connectivity index (χ3v) is 7.71. The highest BCUT2D eigenvalue weighted by atomic mass is 35.5. The second kappa shape index (κ2) is 14.7. The molecule has 3 heterocycles. The van der Waals surface area contributed by atoms with Gasteiger partial charge in [-0.2, -0.15) is 0 Å². The third kappa shape index (κ3) is 8.15. The Kier molecular flexibility index (Phi) is 10.3. The molecule has 0 spiro atoms. The molecule has 1 aliphatic rings. The number of H-pyrrole nitrogens is 1. The highest BCUT2D eigenvalue weighted by Crippen LogP contribution is 2.21. The van der Waals surface area contributed by atoms with Gasteiger partial charge in [-0.3, -0.25) is 19.2 Å². The van der Waals surface area contributed by atoms with Crippen LogP contribution in [0.25, 0.3) is 10.9 Å². The zero-order valence-corrected chi connectivity index (χ0v) is 25.1. The van der Waals surface area contributed by atoms with Crippen molar-refractivity contribution in [1.29, 1.82) is 0 Å². The number of amides is 4. The summed E-state index contributed by atoms with van der Waals surface area (Å²) in [6.45, 7) is 0.744. The van der Waals surface area contributed by atoms with Gasteiger partial charge in [0.15, 0.2) is 0 Å². The number of hydrogen-bond donors (Lipinski definition) is 5. The van der Waals surface area contributed by atoms with Gasteiger partial charge in [-0.25, -0.2) is 9.37 Å². The quantitative estimate of drug-likeness (QED) is 0.234. The Bertz CT molecular complexity index is 1710. The standard InChI is InChI=1S/C32H33ClFN7O4/c33-24-17-21(34)10-11-23(24)32(45)41-15-4-3-12-37-30(43)27(16-20-18-38-25-7-2-1-6-22(20)25)40-31(44)26-8-5-9-28(39-26)35-13-14-36-29(42)19-41/h1-2,5-11,17-18,27,38H,3-4,12-16,19H2,(H,35,39)(H,36,42)(H,37,43)(H,40,44)/t27-/m0/s1. The fraction of sp³-hybridized carbons (Fsp3) is 0.281. The molecule has 0 aliphatic carbocycles. The van der Waals surface area contributed by atoms with Gasteiger partial charge in [0, 0.05) is 49.7 Å². The molecule has 4 aromatic rings. The first-order valence-electron chi connectivity index (χ1n) is 14.6. The number of fused-ring (bicyclic) bond motifs is 3. The molecule has 0 fully saturated rings. The topological polar surface area (TPSA) is 148 Å². The first-order chi connectivity index (χ1) is 21.8. The average Bonchev–Trinajstić information content (AvgIpc) is 3.44. The Hall–Kier alpha value is -4.97. The molecule has 0 unspecified atom stereocenters. The minimum Gasteiger partial charge on any atom is -0.368 e. The largest absolute Gasteiger partial charge is 0.368 e. The number of hydrogen-bond acceptors (Lipinski definition) is 6. The van der Waals surface area contributed by atoms with E-state index in [1.807, 2.05) is 30.5 Å². The molecule has 45 heavy (non-hydrogen) atoms. The van der Waals surface area contributed by atoms with Gasteiger partial charge in [0.1, 0.15) is 23.4 Å². The van der Waals surface area contributed by atoms with Crippen LogP contribution >= 0.6 is 11.6 Å². The maximum absolute atomic E-state index is 13.6. The van der Waals surface area contributed by atoms with Gasteiger partial charge in [-0.15, -0.1) is 0 Å². The monoisotopic (exact) mass is 633 g/mol. The Labute approximate surface area is 263 Å². The van der Waals surface area contributed by atoms with Crippen LogP contribution in [0.2, 0.25) is 5.02 Å². The second-order valence-electron chi connectivity index (χ2n) is 10.6. The Morgan fingerprint density at radius 1 is 0.956 bits per heavy atom. The first-order valence-corrected chi connectivity index (χ1v) is 15.0. The van der Waals surface area contributed by atoms with E-state index in [-0.39, 0.29) is 54.8 Å². The third-order valence-electron chi connectivity index (χ3n) is 7.39. The van der Waals surface area contributed by atoms with Gasteiger partial charge in [0.2, 0.25) is 11.8 Å². The minimum atomic E-state index is -0.891. The van der Waals surface area contributed by atoms with Crippen molar-refractivity contribution in [1.82, 2.24) is 30.8 Å². The van der Waals surface area contributed by atoms with Crippen molar-refractivity contribution < 1.29 is 23.6 Å². The second-order valence-corrected chi connectivity index (χ2v) is 11.0. The van der Waals surface area contributed by atoms with Crippen LogP contribution in [0.1, 0.15) is 39.3 Å². The number of anilines is 1. The van der Waals surface area contributed by atoms with Gasteiger partial charge in [-0.1, -0.05) is 35.9 Å². The molecule has 11 nitrogen and oxygen atoms in total. The molecule has 2 aromatic heterocycles. The SMILES string of the molecule is O=C1CN(C(=O)c2ccc(F)cc2Cl)CCCCNC(=O)[C@H](Cc2c[nH]c3ccccc23)NC(=O)c2cccc(n2)NCCN1. The molecule has 0 saturated carbocycles. The summed E-state index contributed by atoms with van der Waals surface area (Å²) in [7, 11) is 0. The first kappa shape index (κ1) is 31.5. The van der Waals surface area contributed by atoms with Crippen molar-refractivity contribution in [3.8, 4) is 0 Å². The van der Waals surface area contributed by atoms with E-state index in [2.05, 4.69) is 31.2 Å². The van der Waals surface area contributed by atoms with Crippen molar-refractivity contribution in [3.05, 3.63) is 94.5 Å². The Morgan fingerprint density at radius 3 is 2.62 bits per heavy atom. The lowest BCUT2D eigenvalue weighted by Crippen LogP contribution is -2.48. The summed E-state index contributed by atoms with van der Waals surface area (Å²) in [6, 6.07) is 15.2. The predicted octanol–water partition coefficient (Wildman–Crippen LogP) is 3.28. The van der Waals surface area contributed by atoms with Gasteiger partial charge in [-0.05, 0) is 54.8 Å². The molecule has 1 atom stereocenters. The number of carbonyl (C=O) groups is 4. The molecule has 13 heteroatoms. The van der Waals surface area contributed by atoms with Gasteiger partial charge in [0.25, 0.3) is 11.8 Å². The number of aromatic nitrogens is 2. The summed E-state index contributed by atoms with van der Waals surface area (Å²) >= 11 is 6.14. The van der Waals surface area contributed by atoms with Crippen LogP contribution in [-0.2, 0) is 16.0 Å². The Morgan fingerprint density at radius 2 is 1.78 bits per heavy atom. The summed E-state index contributed by atoms with van der Waals surface area (Å²) in [4.78, 5) is 61.7. The fourth-order valence-electron chi connectivity index (χ4n) is 5.09. The number of aromatic amines is 1. The molecule has 2 bridgehead atoms. The van der Waals surface area contributed by atoms with Crippen LogP contribution in [-0.4, -0.2) is 77.3 Å². The summed E-state index contributed by atoms with van der Waals surface area (Å²) in [5, 5.41) is 12.5. The number of nitrogens with zero attached hydrogens (tertiary/aromatic N) is 2. The van der Waals surface area contributed by atoms with Crippen LogP contribution < -0.4 is 21.3 Å². The summed E-state index contributed by atoms with van der Waals surface area (Å²) in [5.74, 6) is -1.94. The lowest BCUT2D eigenvalue weighted by Gasteiger charge is -2.23. The number of para-hydroxylation sites is 1. The summed E-state index contributed by atoms with van der Waals surface area (Å²) in [6.07, 6.45) is 3.01. The maximum Gasteiger partial charge on any atom is 0.270 e. The van der Waals surface area contributed by atoms with Crippen molar-refractivity contribution in [3.63, 3.8) is 0 Å². The maximum atomic E-state index is 13.6. The van der Waals surface area contributed by atoms with E-state index in [1.165, 1.54) is 11.0 Å². The Balaban J connectivity index is 1.34. The van der Waals surface area contributed by atoms with E-state index in [9.17, 15) is 23.6 Å². The van der Waals surface area contributed by atoms with Crippen molar-refractivity contribution >= 4 is 52.0 Å². The highest BCUT2D eigenvalue weighted by molar-refractivity contribution is 6.33. The van der Waals surface area contributed by atoms with Gasteiger partial charge < -0.3 is 31.2 Å². The smallest absolute Gasteiger partial charge is 0.270 e. The number of pyridine rings is 1. The number of halogens is 2. The van der Waals surface area contributed by atoms with Gasteiger partial charge in [0.05, 0.1) is 17.1 Å². The van der Waals surface area contributed by atoms with Crippen LogP contribution in [0, 0.1) is 5.82 Å². The molecular weight excluding hydrogens is 601 g/mol. The lowest BCUT2D eigenvalue weighted by atomic mass is 10.0. The number of nitrogens with one attached hydrogen (secondary N) is 5. The molecule has 1 aliphatic heterocycles. The van der Waals surface area contributed by atoms with E-state index < -0.39 is 29.6 Å². The van der Waals surface area contributed by atoms with Crippen molar-refractivity contribution in [2.45, 2.75) is 25.3 Å². The van der Waals surface area contributed by atoms with Crippen LogP contribution in [0.15, 0.2) is 66.9 Å². The molecule has 234 valence electrons. The molecule has 4 amide bonds. The van der Waals surface area contributed by atoms with E-state index in [0.29, 0.717) is 25.2 Å². The van der Waals surface area contributed by atoms with E-state index in [4.69, 9.17) is 11.6 Å². The average molecular weight is 634 g/mol. The van der Waals surface area contributed by atoms with Crippen molar-refractivity contribution in [2.75, 3.05) is 38.0 Å². The lowest BCUT2D eigenvalue weighted by molar-refractivity contribution is -0.123. The van der Waals surface area contributed by atoms with Crippen LogP contribution in [0.5, 0.6) is 0 Å². The highest BCUT2D eigenvalue weighted by Gasteiger charge is 2.25. The molecule has 5 N–H and O–H groups in total. The molecular formula is C32H33ClFN7O4. The molecule has 0 saturated heterocycles. The zero-order chi connectivity index (χ0) is 31.8. The zero-order valence-electron chi connectivity index (χ0n) is 24.4. The molecule has 2 aromatic carbocycles. The summed E-state index contributed by atoms with van der Waals surface area (Å²) < 4.78 is 13.6. The molecule has 0 radical (unpaired) electrons. The van der Waals surface area contributed by atoms with Crippen LogP contribution in [0.3, 0.4) is 0 Å².